The fraction of sp³-hybridized carbons (Fsp3) is 0.294. The topological polar surface area (TPSA) is 60.5 Å². The molecular formula is C17H20N2O3. The molecule has 0 fully saturated rings. The van der Waals surface area contributed by atoms with Crippen LogP contribution in [0.5, 0.6) is 11.5 Å². The molecule has 2 aromatic rings. The molecular weight excluding hydrogens is 280 g/mol. The lowest BCUT2D eigenvalue weighted by atomic mass is 10.2. The zero-order valence-corrected chi connectivity index (χ0v) is 12.6. The minimum Gasteiger partial charge on any atom is -0.494 e. The van der Waals surface area contributed by atoms with Gasteiger partial charge in [-0.3, -0.25) is 9.78 Å². The summed E-state index contributed by atoms with van der Waals surface area (Å²) in [5, 5.41) is 2.82. The van der Waals surface area contributed by atoms with Crippen LogP contribution in [-0.4, -0.2) is 30.6 Å². The second-order valence-electron chi connectivity index (χ2n) is 4.65. The van der Waals surface area contributed by atoms with E-state index in [0.717, 1.165) is 17.7 Å². The van der Waals surface area contributed by atoms with Crippen LogP contribution in [-0.2, 0) is 11.2 Å². The van der Waals surface area contributed by atoms with Gasteiger partial charge >= 0.3 is 0 Å². The van der Waals surface area contributed by atoms with Gasteiger partial charge < -0.3 is 14.8 Å². The van der Waals surface area contributed by atoms with Crippen molar-refractivity contribution in [2.24, 2.45) is 0 Å². The predicted molar refractivity (Wildman–Crippen MR) is 84.1 cm³/mol. The SMILES string of the molecule is CCOc1ccc(OCC(=O)NCCc2cccnc2)cc1. The van der Waals surface area contributed by atoms with E-state index in [9.17, 15) is 4.79 Å². The Kier molecular flexibility index (Phi) is 6.23. The molecule has 1 aromatic heterocycles. The second kappa shape index (κ2) is 8.67. The van der Waals surface area contributed by atoms with E-state index in [1.807, 2.05) is 31.2 Å². The van der Waals surface area contributed by atoms with Gasteiger partial charge in [0.2, 0.25) is 0 Å². The summed E-state index contributed by atoms with van der Waals surface area (Å²) in [7, 11) is 0. The number of nitrogens with zero attached hydrogens (tertiary/aromatic N) is 1. The molecule has 0 spiro atoms. The largest absolute Gasteiger partial charge is 0.494 e. The molecule has 0 aliphatic rings. The number of ether oxygens (including phenoxy) is 2. The van der Waals surface area contributed by atoms with Crippen LogP contribution in [0.4, 0.5) is 0 Å². The average molecular weight is 300 g/mol. The lowest BCUT2D eigenvalue weighted by molar-refractivity contribution is -0.123. The van der Waals surface area contributed by atoms with E-state index in [2.05, 4.69) is 10.3 Å². The maximum Gasteiger partial charge on any atom is 0.257 e. The van der Waals surface area contributed by atoms with Crippen molar-refractivity contribution in [3.05, 3.63) is 54.4 Å². The summed E-state index contributed by atoms with van der Waals surface area (Å²) in [6, 6.07) is 11.1. The highest BCUT2D eigenvalue weighted by Crippen LogP contribution is 2.17. The number of aromatic nitrogens is 1. The summed E-state index contributed by atoms with van der Waals surface area (Å²) in [5.41, 5.74) is 1.09. The first-order chi connectivity index (χ1) is 10.8. The third kappa shape index (κ3) is 5.44. The third-order valence-electron chi connectivity index (χ3n) is 2.96. The number of pyridine rings is 1. The van der Waals surface area contributed by atoms with Gasteiger partial charge in [0.15, 0.2) is 6.61 Å². The first kappa shape index (κ1) is 15.8. The highest BCUT2D eigenvalue weighted by Gasteiger charge is 2.03. The van der Waals surface area contributed by atoms with Crippen molar-refractivity contribution >= 4 is 5.91 Å². The number of benzene rings is 1. The van der Waals surface area contributed by atoms with Gasteiger partial charge in [-0.2, -0.15) is 0 Å². The summed E-state index contributed by atoms with van der Waals surface area (Å²) in [6.45, 7) is 3.12. The number of rotatable bonds is 8. The Bertz CT molecular complexity index is 570. The molecule has 0 aliphatic carbocycles. The molecule has 0 aliphatic heterocycles. The zero-order chi connectivity index (χ0) is 15.6. The van der Waals surface area contributed by atoms with Crippen LogP contribution in [0.15, 0.2) is 48.8 Å². The summed E-state index contributed by atoms with van der Waals surface area (Å²) < 4.78 is 10.8. The molecule has 116 valence electrons. The van der Waals surface area contributed by atoms with Gasteiger partial charge in [-0.15, -0.1) is 0 Å². The van der Waals surface area contributed by atoms with Crippen molar-refractivity contribution in [1.29, 1.82) is 0 Å². The zero-order valence-electron chi connectivity index (χ0n) is 12.6. The Hall–Kier alpha value is -2.56. The smallest absolute Gasteiger partial charge is 0.257 e. The average Bonchev–Trinajstić information content (AvgIpc) is 2.55. The number of hydrogen-bond acceptors (Lipinski definition) is 4. The molecule has 0 radical (unpaired) electrons. The monoisotopic (exact) mass is 300 g/mol. The molecule has 5 nitrogen and oxygen atoms in total. The van der Waals surface area contributed by atoms with Gasteiger partial charge in [0.1, 0.15) is 11.5 Å². The highest BCUT2D eigenvalue weighted by atomic mass is 16.5. The summed E-state index contributed by atoms with van der Waals surface area (Å²) in [6.07, 6.45) is 4.28. The van der Waals surface area contributed by atoms with Crippen molar-refractivity contribution in [3.8, 4) is 11.5 Å². The van der Waals surface area contributed by atoms with Crippen LogP contribution < -0.4 is 14.8 Å². The molecule has 0 atom stereocenters. The standard InChI is InChI=1S/C17H20N2O3/c1-2-21-15-5-7-16(8-6-15)22-13-17(20)19-11-9-14-4-3-10-18-12-14/h3-8,10,12H,2,9,11,13H2,1H3,(H,19,20). The van der Waals surface area contributed by atoms with Crippen molar-refractivity contribution < 1.29 is 14.3 Å². The maximum atomic E-state index is 11.7. The number of amides is 1. The Labute approximate surface area is 130 Å². The minimum absolute atomic E-state index is 0.00101. The van der Waals surface area contributed by atoms with E-state index < -0.39 is 0 Å². The summed E-state index contributed by atoms with van der Waals surface area (Å²) >= 11 is 0. The van der Waals surface area contributed by atoms with Crippen LogP contribution >= 0.6 is 0 Å². The molecule has 1 N–H and O–H groups in total. The quantitative estimate of drug-likeness (QED) is 0.812. The van der Waals surface area contributed by atoms with Crippen LogP contribution in [0, 0.1) is 0 Å². The van der Waals surface area contributed by atoms with E-state index in [1.165, 1.54) is 0 Å². The van der Waals surface area contributed by atoms with Crippen LogP contribution in [0.25, 0.3) is 0 Å². The molecule has 2 rings (SSSR count). The highest BCUT2D eigenvalue weighted by molar-refractivity contribution is 5.77. The van der Waals surface area contributed by atoms with Gasteiger partial charge in [-0.05, 0) is 49.2 Å². The molecule has 1 amide bonds. The van der Waals surface area contributed by atoms with Crippen molar-refractivity contribution in [1.82, 2.24) is 10.3 Å². The van der Waals surface area contributed by atoms with E-state index in [0.29, 0.717) is 18.9 Å². The van der Waals surface area contributed by atoms with E-state index >= 15 is 0 Å². The van der Waals surface area contributed by atoms with Crippen molar-refractivity contribution in [2.75, 3.05) is 19.8 Å². The fourth-order valence-corrected chi connectivity index (χ4v) is 1.89. The molecule has 0 bridgehead atoms. The van der Waals surface area contributed by atoms with Gasteiger partial charge in [0, 0.05) is 18.9 Å². The number of carbonyl (C=O) groups is 1. The number of nitrogens with one attached hydrogen (secondary N) is 1. The Morgan fingerprint density at radius 2 is 1.86 bits per heavy atom. The number of hydrogen-bond donors (Lipinski definition) is 1. The lowest BCUT2D eigenvalue weighted by Crippen LogP contribution is -2.30. The Morgan fingerprint density at radius 3 is 2.50 bits per heavy atom. The molecule has 5 heteroatoms. The number of carbonyl (C=O) groups excluding carboxylic acids is 1. The molecule has 0 unspecified atom stereocenters. The van der Waals surface area contributed by atoms with Gasteiger partial charge in [0.25, 0.3) is 5.91 Å². The molecule has 0 saturated heterocycles. The summed E-state index contributed by atoms with van der Waals surface area (Å²) in [5.74, 6) is 1.29. The van der Waals surface area contributed by atoms with Gasteiger partial charge in [0.05, 0.1) is 6.61 Å². The van der Waals surface area contributed by atoms with E-state index in [1.54, 1.807) is 24.5 Å². The first-order valence-corrected chi connectivity index (χ1v) is 7.29. The van der Waals surface area contributed by atoms with Crippen LogP contribution in [0.2, 0.25) is 0 Å². The molecule has 22 heavy (non-hydrogen) atoms. The lowest BCUT2D eigenvalue weighted by Gasteiger charge is -2.08. The first-order valence-electron chi connectivity index (χ1n) is 7.29. The Balaban J connectivity index is 1.67. The second-order valence-corrected chi connectivity index (χ2v) is 4.65. The van der Waals surface area contributed by atoms with Crippen LogP contribution in [0.3, 0.4) is 0 Å². The molecule has 0 saturated carbocycles. The third-order valence-corrected chi connectivity index (χ3v) is 2.96. The Morgan fingerprint density at radius 1 is 1.14 bits per heavy atom. The van der Waals surface area contributed by atoms with E-state index in [-0.39, 0.29) is 12.5 Å². The fourth-order valence-electron chi connectivity index (χ4n) is 1.89. The van der Waals surface area contributed by atoms with Crippen molar-refractivity contribution in [3.63, 3.8) is 0 Å². The van der Waals surface area contributed by atoms with Gasteiger partial charge in [-0.1, -0.05) is 6.07 Å². The maximum absolute atomic E-state index is 11.7. The molecule has 1 heterocycles. The summed E-state index contributed by atoms with van der Waals surface area (Å²) in [4.78, 5) is 15.7. The minimum atomic E-state index is -0.141. The molecule has 1 aromatic carbocycles. The van der Waals surface area contributed by atoms with Crippen molar-refractivity contribution in [2.45, 2.75) is 13.3 Å². The van der Waals surface area contributed by atoms with E-state index in [4.69, 9.17) is 9.47 Å². The van der Waals surface area contributed by atoms with Gasteiger partial charge in [-0.25, -0.2) is 0 Å². The predicted octanol–water partition coefficient (Wildman–Crippen LogP) is 2.22. The normalized spacial score (nSPS) is 10.0. The van der Waals surface area contributed by atoms with Crippen LogP contribution in [0.1, 0.15) is 12.5 Å².